The third-order valence-electron chi connectivity index (χ3n) is 4.58. The second-order valence-electron chi connectivity index (χ2n) is 6.62. The average molecular weight is 405 g/mol. The van der Waals surface area contributed by atoms with Gasteiger partial charge in [0.1, 0.15) is 5.75 Å². The zero-order chi connectivity index (χ0) is 20.5. The van der Waals surface area contributed by atoms with Gasteiger partial charge in [-0.25, -0.2) is 4.79 Å². The van der Waals surface area contributed by atoms with Crippen molar-refractivity contribution in [2.75, 3.05) is 7.11 Å². The number of hydrogen-bond acceptors (Lipinski definition) is 4. The summed E-state index contributed by atoms with van der Waals surface area (Å²) < 4.78 is 9.60. The van der Waals surface area contributed by atoms with Gasteiger partial charge >= 0.3 is 6.16 Å². The Morgan fingerprint density at radius 1 is 0.828 bits per heavy atom. The van der Waals surface area contributed by atoms with Gasteiger partial charge in [-0.15, -0.1) is 11.3 Å². The molecule has 0 unspecified atom stereocenters. The SMILES string of the molecule is COC(=O)Oc1ccc(Cc2sccccccc2Cc2ccccc2C)cc1. The Kier molecular flexibility index (Phi) is 7.42. The summed E-state index contributed by atoms with van der Waals surface area (Å²) >= 11 is 1.75. The molecule has 2 aromatic carbocycles. The quantitative estimate of drug-likeness (QED) is 0.359. The first-order valence-electron chi connectivity index (χ1n) is 9.43. The van der Waals surface area contributed by atoms with Crippen LogP contribution in [0.2, 0.25) is 0 Å². The molecule has 0 aliphatic carbocycles. The maximum Gasteiger partial charge on any atom is 0.513 e. The van der Waals surface area contributed by atoms with Gasteiger partial charge in [-0.3, -0.25) is 0 Å². The molecule has 29 heavy (non-hydrogen) atoms. The largest absolute Gasteiger partial charge is 0.513 e. The smallest absolute Gasteiger partial charge is 0.437 e. The fourth-order valence-corrected chi connectivity index (χ4v) is 3.84. The standard InChI is InChI=1S/C25H24O3S/c1-19-9-6-7-10-21(19)18-22-11-5-3-4-8-16-29-24(22)17-20-12-14-23(15-13-20)28-25(26)27-2/h3-16H,17-18H2,1-2H3. The first-order chi connectivity index (χ1) is 14.2. The van der Waals surface area contributed by atoms with Gasteiger partial charge in [0.2, 0.25) is 0 Å². The molecule has 1 aromatic heterocycles. The van der Waals surface area contributed by atoms with E-state index >= 15 is 0 Å². The van der Waals surface area contributed by atoms with E-state index in [2.05, 4.69) is 65.6 Å². The minimum Gasteiger partial charge on any atom is -0.437 e. The van der Waals surface area contributed by atoms with E-state index in [9.17, 15) is 4.79 Å². The maximum atomic E-state index is 11.3. The molecule has 0 saturated carbocycles. The Bertz CT molecular complexity index is 1000. The molecule has 0 radical (unpaired) electrons. The molecule has 0 N–H and O–H groups in total. The summed E-state index contributed by atoms with van der Waals surface area (Å²) in [5, 5.41) is 2.12. The van der Waals surface area contributed by atoms with Crippen LogP contribution in [0.1, 0.15) is 27.1 Å². The maximum absolute atomic E-state index is 11.3. The number of ether oxygens (including phenoxy) is 2. The molecule has 3 nitrogen and oxygen atoms in total. The topological polar surface area (TPSA) is 35.5 Å². The van der Waals surface area contributed by atoms with Crippen LogP contribution in [0.3, 0.4) is 0 Å². The van der Waals surface area contributed by atoms with E-state index in [1.807, 2.05) is 18.2 Å². The van der Waals surface area contributed by atoms with Crippen LogP contribution < -0.4 is 4.74 Å². The molecule has 0 bridgehead atoms. The van der Waals surface area contributed by atoms with Gasteiger partial charge in [0.15, 0.2) is 0 Å². The number of carbonyl (C=O) groups excluding carboxylic acids is 1. The molecule has 0 fully saturated rings. The Morgan fingerprint density at radius 3 is 2.28 bits per heavy atom. The first-order valence-corrected chi connectivity index (χ1v) is 10.3. The molecule has 1 heterocycles. The summed E-state index contributed by atoms with van der Waals surface area (Å²) in [4.78, 5) is 12.6. The number of carbonyl (C=O) groups is 1. The monoisotopic (exact) mass is 404 g/mol. The van der Waals surface area contributed by atoms with Crippen LogP contribution in [-0.4, -0.2) is 13.3 Å². The Morgan fingerprint density at radius 2 is 1.52 bits per heavy atom. The van der Waals surface area contributed by atoms with Gasteiger partial charge in [-0.05, 0) is 53.1 Å². The molecule has 3 rings (SSSR count). The van der Waals surface area contributed by atoms with Crippen LogP contribution in [0.25, 0.3) is 0 Å². The lowest BCUT2D eigenvalue weighted by Crippen LogP contribution is -2.07. The zero-order valence-electron chi connectivity index (χ0n) is 16.6. The van der Waals surface area contributed by atoms with E-state index in [1.165, 1.54) is 28.7 Å². The number of hydrogen-bond donors (Lipinski definition) is 0. The van der Waals surface area contributed by atoms with Crippen molar-refractivity contribution < 1.29 is 14.3 Å². The average Bonchev–Trinajstić information content (AvgIpc) is 2.84. The second kappa shape index (κ2) is 10.4. The van der Waals surface area contributed by atoms with Crippen LogP contribution in [0.4, 0.5) is 4.79 Å². The number of rotatable bonds is 5. The van der Waals surface area contributed by atoms with Crippen LogP contribution in [-0.2, 0) is 17.6 Å². The van der Waals surface area contributed by atoms with Crippen molar-refractivity contribution >= 4 is 17.5 Å². The lowest BCUT2D eigenvalue weighted by atomic mass is 9.99. The molecule has 0 spiro atoms. The Hall–Kier alpha value is -3.11. The predicted octanol–water partition coefficient (Wildman–Crippen LogP) is 6.51. The lowest BCUT2D eigenvalue weighted by molar-refractivity contribution is 0.121. The summed E-state index contributed by atoms with van der Waals surface area (Å²) in [6.07, 6.45) is 0.978. The van der Waals surface area contributed by atoms with Gasteiger partial charge in [0.25, 0.3) is 0 Å². The van der Waals surface area contributed by atoms with Crippen molar-refractivity contribution in [3.8, 4) is 5.75 Å². The summed E-state index contributed by atoms with van der Waals surface area (Å²) in [5.74, 6) is 0.473. The van der Waals surface area contributed by atoms with Crippen LogP contribution >= 0.6 is 11.3 Å². The normalized spacial score (nSPS) is 10.1. The molecule has 0 aliphatic rings. The summed E-state index contributed by atoms with van der Waals surface area (Å²) in [6.45, 7) is 2.15. The van der Waals surface area contributed by atoms with Gasteiger partial charge in [-0.2, -0.15) is 0 Å². The summed E-state index contributed by atoms with van der Waals surface area (Å²) in [7, 11) is 1.30. The highest BCUT2D eigenvalue weighted by molar-refractivity contribution is 7.09. The molecule has 3 aromatic rings. The lowest BCUT2D eigenvalue weighted by Gasteiger charge is -2.10. The van der Waals surface area contributed by atoms with Crippen molar-refractivity contribution in [3.63, 3.8) is 0 Å². The van der Waals surface area contributed by atoms with E-state index in [-0.39, 0.29) is 0 Å². The van der Waals surface area contributed by atoms with Crippen molar-refractivity contribution in [2.24, 2.45) is 0 Å². The van der Waals surface area contributed by atoms with Crippen LogP contribution in [0.5, 0.6) is 5.75 Å². The van der Waals surface area contributed by atoms with E-state index in [0.29, 0.717) is 5.75 Å². The summed E-state index contributed by atoms with van der Waals surface area (Å²) in [5.41, 5.74) is 5.09. The van der Waals surface area contributed by atoms with Crippen LogP contribution in [0.15, 0.2) is 84.2 Å². The molecule has 0 saturated heterocycles. The number of aryl methyl sites for hydroxylation is 1. The van der Waals surface area contributed by atoms with Crippen molar-refractivity contribution in [2.45, 2.75) is 19.8 Å². The minimum atomic E-state index is -0.712. The Balaban J connectivity index is 1.90. The summed E-state index contributed by atoms with van der Waals surface area (Å²) in [6, 6.07) is 26.5. The minimum absolute atomic E-state index is 0.473. The fraction of sp³-hybridized carbons (Fsp3) is 0.160. The fourth-order valence-electron chi connectivity index (χ4n) is 2.96. The third-order valence-corrected chi connectivity index (χ3v) is 5.56. The second-order valence-corrected chi connectivity index (χ2v) is 7.62. The van der Waals surface area contributed by atoms with Gasteiger partial charge in [0, 0.05) is 11.3 Å². The molecular weight excluding hydrogens is 380 g/mol. The van der Waals surface area contributed by atoms with Gasteiger partial charge in [-0.1, -0.05) is 66.7 Å². The van der Waals surface area contributed by atoms with E-state index in [4.69, 9.17) is 4.74 Å². The zero-order valence-corrected chi connectivity index (χ0v) is 17.4. The molecule has 0 aliphatic heterocycles. The highest BCUT2D eigenvalue weighted by Crippen LogP contribution is 2.23. The van der Waals surface area contributed by atoms with Gasteiger partial charge < -0.3 is 9.47 Å². The highest BCUT2D eigenvalue weighted by atomic mass is 32.1. The third kappa shape index (κ3) is 6.19. The highest BCUT2D eigenvalue weighted by Gasteiger charge is 2.07. The number of methoxy groups -OCH3 is 1. The van der Waals surface area contributed by atoms with Crippen molar-refractivity contribution in [1.29, 1.82) is 0 Å². The molecule has 0 amide bonds. The van der Waals surface area contributed by atoms with Crippen LogP contribution in [0, 0.1) is 6.92 Å². The van der Waals surface area contributed by atoms with Gasteiger partial charge in [0.05, 0.1) is 7.11 Å². The predicted molar refractivity (Wildman–Crippen MR) is 118 cm³/mol. The van der Waals surface area contributed by atoms with Crippen molar-refractivity contribution in [3.05, 3.63) is 111 Å². The first kappa shape index (κ1) is 20.6. The molecule has 4 heteroatoms. The Labute approximate surface area is 175 Å². The molecular formula is C25H24O3S. The molecule has 0 atom stereocenters. The number of benzene rings is 2. The van der Waals surface area contributed by atoms with Crippen molar-refractivity contribution in [1.82, 2.24) is 0 Å². The molecule has 148 valence electrons. The van der Waals surface area contributed by atoms with E-state index < -0.39 is 6.16 Å². The van der Waals surface area contributed by atoms with E-state index in [1.54, 1.807) is 23.5 Å². The van der Waals surface area contributed by atoms with E-state index in [0.717, 1.165) is 18.4 Å².